The molecule has 0 spiro atoms. The molecule has 2 rings (SSSR count). The first kappa shape index (κ1) is 15.4. The van der Waals surface area contributed by atoms with Crippen LogP contribution in [0.2, 0.25) is 5.02 Å². The fraction of sp³-hybridized carbons (Fsp3) is 0.235. The van der Waals surface area contributed by atoms with Crippen molar-refractivity contribution in [3.05, 3.63) is 58.6 Å². The lowest BCUT2D eigenvalue weighted by atomic mass is 10.2. The van der Waals surface area contributed by atoms with E-state index in [0.717, 1.165) is 24.3 Å². The molecule has 0 amide bonds. The van der Waals surface area contributed by atoms with Crippen molar-refractivity contribution < 1.29 is 9.84 Å². The summed E-state index contributed by atoms with van der Waals surface area (Å²) >= 11 is 5.89. The lowest BCUT2D eigenvalue weighted by Crippen LogP contribution is -1.94. The summed E-state index contributed by atoms with van der Waals surface area (Å²) in [5.74, 6) is 1.04. The summed E-state index contributed by atoms with van der Waals surface area (Å²) in [6.07, 6.45) is 2.62. The zero-order chi connectivity index (χ0) is 15.1. The zero-order valence-corrected chi connectivity index (χ0v) is 12.7. The summed E-state index contributed by atoms with van der Waals surface area (Å²) in [7, 11) is 0. The van der Waals surface area contributed by atoms with E-state index in [1.165, 1.54) is 0 Å². The van der Waals surface area contributed by atoms with Crippen molar-refractivity contribution in [2.24, 2.45) is 4.99 Å². The summed E-state index contributed by atoms with van der Waals surface area (Å²) in [5.41, 5.74) is 1.70. The molecule has 0 aromatic heterocycles. The first-order valence-corrected chi connectivity index (χ1v) is 7.27. The summed E-state index contributed by atoms with van der Waals surface area (Å²) < 4.78 is 5.53. The number of phenols is 1. The smallest absolute Gasteiger partial charge is 0.124 e. The molecule has 0 aliphatic rings. The fourth-order valence-corrected chi connectivity index (χ4v) is 1.97. The molecule has 0 atom stereocenters. The van der Waals surface area contributed by atoms with Gasteiger partial charge in [0.25, 0.3) is 0 Å². The van der Waals surface area contributed by atoms with E-state index in [1.54, 1.807) is 24.4 Å². The van der Waals surface area contributed by atoms with Crippen molar-refractivity contribution in [3.8, 4) is 11.5 Å². The Labute approximate surface area is 129 Å². The number of phenolic OH excluding ortho intramolecular Hbond substituents is 1. The molecule has 110 valence electrons. The molecule has 0 radical (unpaired) electrons. The fourth-order valence-electron chi connectivity index (χ4n) is 1.79. The highest BCUT2D eigenvalue weighted by Crippen LogP contribution is 2.20. The molecule has 0 saturated heterocycles. The normalized spacial score (nSPS) is 11.0. The SMILES string of the molecule is CCCOc1ccc(CN=Cc2cc(Cl)ccc2O)cc1. The lowest BCUT2D eigenvalue weighted by Gasteiger charge is -2.04. The van der Waals surface area contributed by atoms with E-state index in [1.807, 2.05) is 24.3 Å². The second-order valence-corrected chi connectivity index (χ2v) is 5.10. The molecule has 0 unspecified atom stereocenters. The molecule has 0 bridgehead atoms. The topological polar surface area (TPSA) is 41.8 Å². The van der Waals surface area contributed by atoms with Gasteiger partial charge in [0.2, 0.25) is 0 Å². The van der Waals surface area contributed by atoms with Crippen molar-refractivity contribution in [1.82, 2.24) is 0 Å². The van der Waals surface area contributed by atoms with Gasteiger partial charge in [-0.05, 0) is 42.3 Å². The molecular weight excluding hydrogens is 286 g/mol. The van der Waals surface area contributed by atoms with Crippen LogP contribution in [0.5, 0.6) is 11.5 Å². The van der Waals surface area contributed by atoms with Crippen molar-refractivity contribution in [2.75, 3.05) is 6.61 Å². The van der Waals surface area contributed by atoms with Gasteiger partial charge >= 0.3 is 0 Å². The van der Waals surface area contributed by atoms with Gasteiger partial charge in [0, 0.05) is 16.8 Å². The first-order chi connectivity index (χ1) is 10.2. The molecule has 0 heterocycles. The standard InChI is InChI=1S/C17H18ClNO2/c1-2-9-21-16-6-3-13(4-7-16)11-19-12-14-10-15(18)5-8-17(14)20/h3-8,10,12,20H,2,9,11H2,1H3. The van der Waals surface area contributed by atoms with E-state index in [0.29, 0.717) is 17.1 Å². The van der Waals surface area contributed by atoms with Crippen molar-refractivity contribution in [3.63, 3.8) is 0 Å². The number of ether oxygens (including phenoxy) is 1. The van der Waals surface area contributed by atoms with Crippen molar-refractivity contribution in [2.45, 2.75) is 19.9 Å². The predicted molar refractivity (Wildman–Crippen MR) is 86.6 cm³/mol. The van der Waals surface area contributed by atoms with Crippen LogP contribution in [0, 0.1) is 0 Å². The number of nitrogens with zero attached hydrogens (tertiary/aromatic N) is 1. The van der Waals surface area contributed by atoms with Gasteiger partial charge in [-0.3, -0.25) is 4.99 Å². The number of aliphatic imine (C=N–C) groups is 1. The largest absolute Gasteiger partial charge is 0.507 e. The van der Waals surface area contributed by atoms with Crippen LogP contribution >= 0.6 is 11.6 Å². The van der Waals surface area contributed by atoms with Gasteiger partial charge in [-0.15, -0.1) is 0 Å². The maximum atomic E-state index is 9.68. The summed E-state index contributed by atoms with van der Waals surface area (Å²) in [4.78, 5) is 4.32. The Kier molecular flexibility index (Phi) is 5.64. The second kappa shape index (κ2) is 7.70. The molecule has 2 aromatic carbocycles. The molecular formula is C17H18ClNO2. The second-order valence-electron chi connectivity index (χ2n) is 4.67. The van der Waals surface area contributed by atoms with Gasteiger partial charge in [-0.25, -0.2) is 0 Å². The Morgan fingerprint density at radius 2 is 1.95 bits per heavy atom. The van der Waals surface area contributed by atoms with E-state index in [-0.39, 0.29) is 5.75 Å². The third kappa shape index (κ3) is 4.80. The van der Waals surface area contributed by atoms with Gasteiger partial charge in [0.15, 0.2) is 0 Å². The number of halogens is 1. The number of hydrogen-bond acceptors (Lipinski definition) is 3. The van der Waals surface area contributed by atoms with Gasteiger partial charge < -0.3 is 9.84 Å². The Balaban J connectivity index is 1.96. The number of rotatable bonds is 6. The molecule has 4 heteroatoms. The van der Waals surface area contributed by atoms with E-state index in [4.69, 9.17) is 16.3 Å². The van der Waals surface area contributed by atoms with Crippen LogP contribution in [0.25, 0.3) is 0 Å². The maximum absolute atomic E-state index is 9.68. The molecule has 0 fully saturated rings. The number of aromatic hydroxyl groups is 1. The number of hydrogen-bond donors (Lipinski definition) is 1. The van der Waals surface area contributed by atoms with Crippen LogP contribution in [0.4, 0.5) is 0 Å². The minimum absolute atomic E-state index is 0.173. The van der Waals surface area contributed by atoms with Crippen molar-refractivity contribution in [1.29, 1.82) is 0 Å². The Morgan fingerprint density at radius 3 is 2.67 bits per heavy atom. The zero-order valence-electron chi connectivity index (χ0n) is 11.9. The third-order valence-electron chi connectivity index (χ3n) is 2.89. The highest BCUT2D eigenvalue weighted by atomic mass is 35.5. The molecule has 1 N–H and O–H groups in total. The van der Waals surface area contributed by atoms with E-state index in [2.05, 4.69) is 11.9 Å². The lowest BCUT2D eigenvalue weighted by molar-refractivity contribution is 0.317. The van der Waals surface area contributed by atoms with Crippen LogP contribution in [0.15, 0.2) is 47.5 Å². The van der Waals surface area contributed by atoms with E-state index in [9.17, 15) is 5.11 Å². The maximum Gasteiger partial charge on any atom is 0.124 e. The molecule has 0 aliphatic heterocycles. The van der Waals surface area contributed by atoms with Crippen LogP contribution in [-0.4, -0.2) is 17.9 Å². The van der Waals surface area contributed by atoms with Crippen molar-refractivity contribution >= 4 is 17.8 Å². The number of benzene rings is 2. The summed E-state index contributed by atoms with van der Waals surface area (Å²) in [6.45, 7) is 3.35. The highest BCUT2D eigenvalue weighted by Gasteiger charge is 1.99. The Bertz CT molecular complexity index is 609. The van der Waals surface area contributed by atoms with E-state index >= 15 is 0 Å². The van der Waals surface area contributed by atoms with Gasteiger partial charge in [-0.2, -0.15) is 0 Å². The average molecular weight is 304 g/mol. The third-order valence-corrected chi connectivity index (χ3v) is 3.13. The Morgan fingerprint density at radius 1 is 1.19 bits per heavy atom. The van der Waals surface area contributed by atoms with Gasteiger partial charge in [0.1, 0.15) is 11.5 Å². The molecule has 0 saturated carbocycles. The van der Waals surface area contributed by atoms with Gasteiger partial charge in [-0.1, -0.05) is 30.7 Å². The predicted octanol–water partition coefficient (Wildman–Crippen LogP) is 4.45. The van der Waals surface area contributed by atoms with Crippen LogP contribution < -0.4 is 4.74 Å². The summed E-state index contributed by atoms with van der Waals surface area (Å²) in [6, 6.07) is 12.7. The molecule has 2 aromatic rings. The van der Waals surface area contributed by atoms with Crippen LogP contribution in [0.3, 0.4) is 0 Å². The monoisotopic (exact) mass is 303 g/mol. The van der Waals surface area contributed by atoms with Crippen LogP contribution in [0.1, 0.15) is 24.5 Å². The quantitative estimate of drug-likeness (QED) is 0.801. The van der Waals surface area contributed by atoms with Gasteiger partial charge in [0.05, 0.1) is 13.2 Å². The molecule has 0 aliphatic carbocycles. The molecule has 3 nitrogen and oxygen atoms in total. The minimum atomic E-state index is 0.173. The van der Waals surface area contributed by atoms with E-state index < -0.39 is 0 Å². The van der Waals surface area contributed by atoms with Crippen LogP contribution in [-0.2, 0) is 6.54 Å². The Hall–Kier alpha value is -2.00. The molecule has 21 heavy (non-hydrogen) atoms. The highest BCUT2D eigenvalue weighted by molar-refractivity contribution is 6.30. The average Bonchev–Trinajstić information content (AvgIpc) is 2.50. The first-order valence-electron chi connectivity index (χ1n) is 6.89. The minimum Gasteiger partial charge on any atom is -0.507 e. The summed E-state index contributed by atoms with van der Waals surface area (Å²) in [5, 5.41) is 10.3.